The smallest absolute Gasteiger partial charge is 0.0733 e. The van der Waals surface area contributed by atoms with Crippen molar-refractivity contribution in [3.05, 3.63) is 215 Å². The van der Waals surface area contributed by atoms with E-state index in [9.17, 15) is 0 Å². The first kappa shape index (κ1) is 31.1. The van der Waals surface area contributed by atoms with Crippen LogP contribution in [0.1, 0.15) is 33.4 Å². The standard InChI is InChI=1S/C51H38N2/c1-33-15-13-17-35(29-33)43-32-44-42-28-27-39(52-37-19-5-3-6-20-37)31-47(42)51(45-25-11-9-23-40(45)41-24-10-12-26-46(41)51)49(44)48(36-18-14-16-34(2)30-36)50(43)53-38-21-7-4-8-22-38/h3-32,52-53H,1-2H3. The zero-order chi connectivity index (χ0) is 35.5. The van der Waals surface area contributed by atoms with Crippen LogP contribution in [0.4, 0.5) is 22.7 Å². The van der Waals surface area contributed by atoms with Crippen LogP contribution in [0.5, 0.6) is 0 Å². The van der Waals surface area contributed by atoms with Crippen LogP contribution >= 0.6 is 0 Å². The van der Waals surface area contributed by atoms with Gasteiger partial charge in [0.2, 0.25) is 0 Å². The summed E-state index contributed by atoms with van der Waals surface area (Å²) in [5.74, 6) is 0. The Bertz CT molecular complexity index is 2640. The number of hydrogen-bond acceptors (Lipinski definition) is 2. The fourth-order valence-electron chi connectivity index (χ4n) is 8.99. The van der Waals surface area contributed by atoms with Gasteiger partial charge in [-0.05, 0) is 112 Å². The van der Waals surface area contributed by atoms with Gasteiger partial charge in [-0.3, -0.25) is 0 Å². The molecule has 2 nitrogen and oxygen atoms in total. The molecule has 2 heteroatoms. The van der Waals surface area contributed by atoms with Crippen molar-refractivity contribution in [3.8, 4) is 44.5 Å². The topological polar surface area (TPSA) is 24.1 Å². The largest absolute Gasteiger partial charge is 0.356 e. The van der Waals surface area contributed by atoms with E-state index in [1.165, 1.54) is 77.9 Å². The molecule has 8 aromatic carbocycles. The Morgan fingerprint density at radius 3 is 1.55 bits per heavy atom. The highest BCUT2D eigenvalue weighted by Crippen LogP contribution is 2.66. The SMILES string of the molecule is Cc1cccc(-c2cc3c(c(-c4cccc(C)c4)c2Nc2ccccc2)C2(c4ccccc4-c4ccccc42)c2cc(Nc4ccccc4)ccc2-3)c1. The summed E-state index contributed by atoms with van der Waals surface area (Å²) in [7, 11) is 0. The van der Waals surface area contributed by atoms with Gasteiger partial charge in [0, 0.05) is 28.2 Å². The molecule has 0 heterocycles. The van der Waals surface area contributed by atoms with Crippen LogP contribution in [0.25, 0.3) is 44.5 Å². The van der Waals surface area contributed by atoms with E-state index in [2.05, 4.69) is 206 Å². The lowest BCUT2D eigenvalue weighted by atomic mass is 9.68. The Morgan fingerprint density at radius 1 is 0.358 bits per heavy atom. The molecule has 8 aromatic rings. The Balaban J connectivity index is 1.38. The molecule has 252 valence electrons. The summed E-state index contributed by atoms with van der Waals surface area (Å²) >= 11 is 0. The lowest BCUT2D eigenvalue weighted by molar-refractivity contribution is 0.796. The first-order valence-corrected chi connectivity index (χ1v) is 18.4. The number of benzene rings is 8. The number of hydrogen-bond donors (Lipinski definition) is 2. The van der Waals surface area contributed by atoms with Gasteiger partial charge in [0.15, 0.2) is 0 Å². The van der Waals surface area contributed by atoms with Crippen LogP contribution in [0.2, 0.25) is 0 Å². The monoisotopic (exact) mass is 678 g/mol. The lowest BCUT2D eigenvalue weighted by Crippen LogP contribution is -2.27. The molecule has 0 unspecified atom stereocenters. The Labute approximate surface area is 311 Å². The number of aryl methyl sites for hydroxylation is 2. The summed E-state index contributed by atoms with van der Waals surface area (Å²) in [6.45, 7) is 4.38. The fourth-order valence-corrected chi connectivity index (χ4v) is 8.99. The number of rotatable bonds is 6. The van der Waals surface area contributed by atoms with Gasteiger partial charge in [-0.15, -0.1) is 0 Å². The normalized spacial score (nSPS) is 12.9. The van der Waals surface area contributed by atoms with Gasteiger partial charge in [-0.1, -0.05) is 151 Å². The van der Waals surface area contributed by atoms with Gasteiger partial charge in [-0.25, -0.2) is 0 Å². The molecule has 2 aliphatic carbocycles. The highest BCUT2D eigenvalue weighted by atomic mass is 14.9. The maximum atomic E-state index is 4.02. The van der Waals surface area contributed by atoms with Crippen molar-refractivity contribution in [2.45, 2.75) is 19.3 Å². The summed E-state index contributed by atoms with van der Waals surface area (Å²) < 4.78 is 0. The number of para-hydroxylation sites is 2. The molecule has 0 bridgehead atoms. The van der Waals surface area contributed by atoms with Crippen molar-refractivity contribution >= 4 is 22.7 Å². The molecule has 1 spiro atoms. The summed E-state index contributed by atoms with van der Waals surface area (Å²) in [5.41, 5.74) is 21.4. The molecule has 2 N–H and O–H groups in total. The van der Waals surface area contributed by atoms with Crippen LogP contribution in [0, 0.1) is 13.8 Å². The molecule has 0 saturated heterocycles. The molecule has 0 aromatic heterocycles. The average Bonchev–Trinajstić information content (AvgIpc) is 3.65. The van der Waals surface area contributed by atoms with E-state index in [-0.39, 0.29) is 0 Å². The molecule has 0 saturated carbocycles. The zero-order valence-electron chi connectivity index (χ0n) is 29.8. The molecular formula is C51H38N2. The van der Waals surface area contributed by atoms with Gasteiger partial charge in [0.1, 0.15) is 0 Å². The van der Waals surface area contributed by atoms with Gasteiger partial charge >= 0.3 is 0 Å². The Hall–Kier alpha value is -6.64. The zero-order valence-corrected chi connectivity index (χ0v) is 29.8. The van der Waals surface area contributed by atoms with Crippen molar-refractivity contribution in [1.82, 2.24) is 0 Å². The van der Waals surface area contributed by atoms with Crippen LogP contribution < -0.4 is 10.6 Å². The Kier molecular flexibility index (Phi) is 7.19. The van der Waals surface area contributed by atoms with E-state index < -0.39 is 5.41 Å². The fraction of sp³-hybridized carbons (Fsp3) is 0.0588. The first-order valence-electron chi connectivity index (χ1n) is 18.4. The molecular weight excluding hydrogens is 641 g/mol. The highest BCUT2D eigenvalue weighted by molar-refractivity contribution is 6.06. The van der Waals surface area contributed by atoms with Crippen LogP contribution in [-0.2, 0) is 5.41 Å². The Morgan fingerprint density at radius 2 is 0.906 bits per heavy atom. The van der Waals surface area contributed by atoms with E-state index in [0.29, 0.717) is 0 Å². The number of nitrogens with one attached hydrogen (secondary N) is 2. The summed E-state index contributed by atoms with van der Waals surface area (Å²) in [6.07, 6.45) is 0. The minimum Gasteiger partial charge on any atom is -0.356 e. The van der Waals surface area contributed by atoms with Crippen LogP contribution in [0.3, 0.4) is 0 Å². The summed E-state index contributed by atoms with van der Waals surface area (Å²) in [5, 5.41) is 7.76. The predicted molar refractivity (Wildman–Crippen MR) is 223 cm³/mol. The van der Waals surface area contributed by atoms with Crippen LogP contribution in [0.15, 0.2) is 182 Å². The lowest BCUT2D eigenvalue weighted by Gasteiger charge is -2.34. The molecule has 0 radical (unpaired) electrons. The van der Waals surface area contributed by atoms with E-state index in [4.69, 9.17) is 0 Å². The molecule has 0 atom stereocenters. The van der Waals surface area contributed by atoms with E-state index in [0.717, 1.165) is 22.7 Å². The van der Waals surface area contributed by atoms with Crippen molar-refractivity contribution in [3.63, 3.8) is 0 Å². The third-order valence-corrected chi connectivity index (χ3v) is 11.1. The van der Waals surface area contributed by atoms with Gasteiger partial charge in [0.25, 0.3) is 0 Å². The van der Waals surface area contributed by atoms with Crippen molar-refractivity contribution in [1.29, 1.82) is 0 Å². The number of fused-ring (bicyclic) bond motifs is 10. The average molecular weight is 679 g/mol. The van der Waals surface area contributed by atoms with E-state index in [1.807, 2.05) is 0 Å². The second kappa shape index (κ2) is 12.3. The molecule has 2 aliphatic rings. The number of anilines is 4. The van der Waals surface area contributed by atoms with Gasteiger partial charge in [0.05, 0.1) is 11.1 Å². The molecule has 0 aliphatic heterocycles. The molecule has 0 fully saturated rings. The molecule has 10 rings (SSSR count). The minimum absolute atomic E-state index is 0.566. The first-order chi connectivity index (χ1) is 26.1. The van der Waals surface area contributed by atoms with Crippen molar-refractivity contribution in [2.75, 3.05) is 10.6 Å². The predicted octanol–water partition coefficient (Wildman–Crippen LogP) is 13.5. The highest BCUT2D eigenvalue weighted by Gasteiger charge is 2.53. The quantitative estimate of drug-likeness (QED) is 0.183. The maximum Gasteiger partial charge on any atom is 0.0733 e. The second-order valence-electron chi connectivity index (χ2n) is 14.4. The van der Waals surface area contributed by atoms with Gasteiger partial charge < -0.3 is 10.6 Å². The second-order valence-corrected chi connectivity index (χ2v) is 14.4. The molecule has 53 heavy (non-hydrogen) atoms. The van der Waals surface area contributed by atoms with Crippen molar-refractivity contribution in [2.24, 2.45) is 0 Å². The maximum absolute atomic E-state index is 4.02. The summed E-state index contributed by atoms with van der Waals surface area (Å²) in [4.78, 5) is 0. The van der Waals surface area contributed by atoms with Crippen molar-refractivity contribution < 1.29 is 0 Å². The van der Waals surface area contributed by atoms with Gasteiger partial charge in [-0.2, -0.15) is 0 Å². The third-order valence-electron chi connectivity index (χ3n) is 11.1. The minimum atomic E-state index is -0.566. The van der Waals surface area contributed by atoms with Crippen LogP contribution in [-0.4, -0.2) is 0 Å². The summed E-state index contributed by atoms with van der Waals surface area (Å²) in [6, 6.07) is 66.7. The molecule has 0 amide bonds. The van der Waals surface area contributed by atoms with E-state index >= 15 is 0 Å². The third kappa shape index (κ3) is 4.87. The van der Waals surface area contributed by atoms with E-state index in [1.54, 1.807) is 0 Å².